The summed E-state index contributed by atoms with van der Waals surface area (Å²) in [5, 5.41) is 6.88. The second-order valence-electron chi connectivity index (χ2n) is 1.96. The fourth-order valence-electron chi connectivity index (χ4n) is 0.555. The van der Waals surface area contributed by atoms with Crippen molar-refractivity contribution in [3.63, 3.8) is 0 Å². The van der Waals surface area contributed by atoms with Crippen LogP contribution in [-0.4, -0.2) is 33.5 Å². The van der Waals surface area contributed by atoms with Gasteiger partial charge < -0.3 is 9.12 Å². The van der Waals surface area contributed by atoms with Crippen molar-refractivity contribution in [2.75, 3.05) is 5.75 Å². The third-order valence-electron chi connectivity index (χ3n) is 1.07. The highest BCUT2D eigenvalue weighted by atomic mass is 32.2. The largest absolute Gasteiger partial charge is 0.748 e. The van der Waals surface area contributed by atoms with Crippen LogP contribution in [0, 0.1) is 0 Å². The van der Waals surface area contributed by atoms with Gasteiger partial charge in [0.05, 0.1) is 15.9 Å². The Morgan fingerprint density at radius 2 is 1.91 bits per heavy atom. The van der Waals surface area contributed by atoms with Crippen molar-refractivity contribution < 1.29 is 13.0 Å². The highest BCUT2D eigenvalue weighted by Gasteiger charge is 1.95. The van der Waals surface area contributed by atoms with Gasteiger partial charge in [-0.3, -0.25) is 0 Å². The van der Waals surface area contributed by atoms with Gasteiger partial charge in [-0.1, -0.05) is 0 Å². The predicted octanol–water partition coefficient (Wildman–Crippen LogP) is -1.18. The summed E-state index contributed by atoms with van der Waals surface area (Å²) in [4.78, 5) is 0. The monoisotopic (exact) mass is 176 g/mol. The standard InChI is InChI=1S/C4H7N3O3S/c8-11(9,10)2-1-7-3-5-6-4-7/h3-4H,1-2H2,(H,8,9,10)/p-1. The van der Waals surface area contributed by atoms with Gasteiger partial charge in [0, 0.05) is 6.54 Å². The molecule has 0 radical (unpaired) electrons. The molecule has 0 aliphatic rings. The molecule has 1 aromatic rings. The van der Waals surface area contributed by atoms with E-state index in [1.165, 1.54) is 17.2 Å². The van der Waals surface area contributed by atoms with Crippen LogP contribution < -0.4 is 0 Å². The number of hydrogen-bond acceptors (Lipinski definition) is 5. The van der Waals surface area contributed by atoms with Crippen molar-refractivity contribution >= 4 is 10.1 Å². The second kappa shape index (κ2) is 2.97. The van der Waals surface area contributed by atoms with Gasteiger partial charge >= 0.3 is 0 Å². The normalized spacial score (nSPS) is 11.7. The number of nitrogens with zero attached hydrogens (tertiary/aromatic N) is 3. The van der Waals surface area contributed by atoms with Gasteiger partial charge in [-0.25, -0.2) is 8.42 Å². The Hall–Kier alpha value is -0.950. The average Bonchev–Trinajstić information content (AvgIpc) is 2.32. The minimum Gasteiger partial charge on any atom is -0.748 e. The maximum atomic E-state index is 10.1. The maximum Gasteiger partial charge on any atom is 0.119 e. The van der Waals surface area contributed by atoms with Crippen LogP contribution in [0.4, 0.5) is 0 Å². The predicted molar refractivity (Wildman–Crippen MR) is 34.6 cm³/mol. The summed E-state index contributed by atoms with van der Waals surface area (Å²) in [5.74, 6) is -0.426. The lowest BCUT2D eigenvalue weighted by atomic mass is 10.7. The van der Waals surface area contributed by atoms with Crippen molar-refractivity contribution in [2.24, 2.45) is 0 Å². The molecular formula is C4H6N3O3S-. The third kappa shape index (κ3) is 3.10. The fraction of sp³-hybridized carbons (Fsp3) is 0.500. The summed E-state index contributed by atoms with van der Waals surface area (Å²) in [7, 11) is -4.13. The lowest BCUT2D eigenvalue weighted by Crippen LogP contribution is -2.10. The molecule has 0 aliphatic heterocycles. The van der Waals surface area contributed by atoms with Crippen molar-refractivity contribution in [1.82, 2.24) is 14.8 Å². The highest BCUT2D eigenvalue weighted by molar-refractivity contribution is 7.85. The molecule has 6 nitrogen and oxygen atoms in total. The molecule has 0 aromatic carbocycles. The summed E-state index contributed by atoms with van der Waals surface area (Å²) in [6.07, 6.45) is 2.70. The summed E-state index contributed by atoms with van der Waals surface area (Å²) >= 11 is 0. The quantitative estimate of drug-likeness (QED) is 0.541. The van der Waals surface area contributed by atoms with E-state index in [-0.39, 0.29) is 6.54 Å². The summed E-state index contributed by atoms with van der Waals surface area (Å²) < 4.78 is 31.8. The van der Waals surface area contributed by atoms with Crippen LogP contribution in [0.3, 0.4) is 0 Å². The molecule has 0 saturated carbocycles. The molecule has 0 fully saturated rings. The Bertz CT molecular complexity index is 303. The van der Waals surface area contributed by atoms with Gasteiger partial charge in [0.1, 0.15) is 12.7 Å². The smallest absolute Gasteiger partial charge is 0.119 e. The van der Waals surface area contributed by atoms with Crippen LogP contribution >= 0.6 is 0 Å². The van der Waals surface area contributed by atoms with E-state index in [1.807, 2.05) is 0 Å². The fourth-order valence-corrected chi connectivity index (χ4v) is 0.989. The molecule has 1 rings (SSSR count). The van der Waals surface area contributed by atoms with Crippen LogP contribution in [0.5, 0.6) is 0 Å². The van der Waals surface area contributed by atoms with Gasteiger partial charge in [0.25, 0.3) is 0 Å². The highest BCUT2D eigenvalue weighted by Crippen LogP contribution is 1.87. The average molecular weight is 176 g/mol. The number of hydrogen-bond donors (Lipinski definition) is 0. The zero-order chi connectivity index (χ0) is 8.32. The summed E-state index contributed by atoms with van der Waals surface area (Å²) in [6.45, 7) is 0.110. The van der Waals surface area contributed by atoms with Crippen molar-refractivity contribution in [1.29, 1.82) is 0 Å². The molecule has 1 aromatic heterocycles. The van der Waals surface area contributed by atoms with E-state index in [9.17, 15) is 13.0 Å². The van der Waals surface area contributed by atoms with Crippen LogP contribution in [0.2, 0.25) is 0 Å². The van der Waals surface area contributed by atoms with Crippen molar-refractivity contribution in [3.05, 3.63) is 12.7 Å². The van der Waals surface area contributed by atoms with Crippen LogP contribution in [0.15, 0.2) is 12.7 Å². The van der Waals surface area contributed by atoms with E-state index in [0.717, 1.165) is 0 Å². The first-order valence-corrected chi connectivity index (χ1v) is 4.42. The molecule has 0 amide bonds. The molecule has 11 heavy (non-hydrogen) atoms. The zero-order valence-electron chi connectivity index (χ0n) is 5.54. The third-order valence-corrected chi connectivity index (χ3v) is 1.75. The molecule has 0 unspecified atom stereocenters. The van der Waals surface area contributed by atoms with Gasteiger partial charge in [-0.05, 0) is 0 Å². The van der Waals surface area contributed by atoms with E-state index >= 15 is 0 Å². The minimum absolute atomic E-state index is 0.110. The first-order valence-electron chi connectivity index (χ1n) is 2.84. The van der Waals surface area contributed by atoms with Gasteiger partial charge in [-0.15, -0.1) is 10.2 Å². The van der Waals surface area contributed by atoms with Crippen molar-refractivity contribution in [3.8, 4) is 0 Å². The molecule has 0 spiro atoms. The molecule has 0 atom stereocenters. The Labute approximate surface area is 63.6 Å². The molecular weight excluding hydrogens is 170 g/mol. The Kier molecular flexibility index (Phi) is 2.20. The molecule has 0 saturated heterocycles. The first kappa shape index (κ1) is 8.15. The maximum absolute atomic E-state index is 10.1. The molecule has 0 bridgehead atoms. The van der Waals surface area contributed by atoms with E-state index in [0.29, 0.717) is 0 Å². The molecule has 0 aliphatic carbocycles. The SMILES string of the molecule is O=S(=O)([O-])CCn1cnnc1. The Morgan fingerprint density at radius 3 is 2.36 bits per heavy atom. The van der Waals surface area contributed by atoms with Gasteiger partial charge in [0.2, 0.25) is 0 Å². The number of aromatic nitrogens is 3. The minimum atomic E-state index is -4.13. The summed E-state index contributed by atoms with van der Waals surface area (Å²) in [5.41, 5.74) is 0. The van der Waals surface area contributed by atoms with E-state index < -0.39 is 15.9 Å². The van der Waals surface area contributed by atoms with Crippen LogP contribution in [0.25, 0.3) is 0 Å². The molecule has 1 heterocycles. The van der Waals surface area contributed by atoms with Crippen LogP contribution in [0.1, 0.15) is 0 Å². The lowest BCUT2D eigenvalue weighted by Gasteiger charge is -2.05. The topological polar surface area (TPSA) is 87.9 Å². The molecule has 62 valence electrons. The van der Waals surface area contributed by atoms with Crippen LogP contribution in [-0.2, 0) is 16.7 Å². The lowest BCUT2D eigenvalue weighted by molar-refractivity contribution is 0.459. The second-order valence-corrected chi connectivity index (χ2v) is 3.49. The van der Waals surface area contributed by atoms with E-state index in [4.69, 9.17) is 0 Å². The number of aryl methyl sites for hydroxylation is 1. The van der Waals surface area contributed by atoms with Gasteiger partial charge in [-0.2, -0.15) is 0 Å². The van der Waals surface area contributed by atoms with Gasteiger partial charge in [0.15, 0.2) is 0 Å². The Morgan fingerprint density at radius 1 is 1.36 bits per heavy atom. The van der Waals surface area contributed by atoms with E-state index in [2.05, 4.69) is 10.2 Å². The Balaban J connectivity index is 2.48. The number of rotatable bonds is 3. The zero-order valence-corrected chi connectivity index (χ0v) is 6.36. The van der Waals surface area contributed by atoms with E-state index in [1.54, 1.807) is 0 Å². The summed E-state index contributed by atoms with van der Waals surface area (Å²) in [6, 6.07) is 0. The molecule has 7 heteroatoms. The first-order chi connectivity index (χ1) is 5.08. The van der Waals surface area contributed by atoms with Crippen molar-refractivity contribution in [2.45, 2.75) is 6.54 Å². The molecule has 0 N–H and O–H groups in total.